The Morgan fingerprint density at radius 2 is 1.97 bits per heavy atom. The second-order valence-corrected chi connectivity index (χ2v) is 7.34. The number of hydrogen-bond acceptors (Lipinski definition) is 8. The van der Waals surface area contributed by atoms with Crippen LogP contribution in [0.2, 0.25) is 0 Å². The largest absolute Gasteiger partial charge is 0.494 e. The molecule has 0 spiro atoms. The molecular formula is C22H25N3O7. The molecule has 1 N–H and O–H groups in total. The van der Waals surface area contributed by atoms with E-state index < -0.39 is 10.9 Å². The molecule has 3 rings (SSSR count). The van der Waals surface area contributed by atoms with Crippen LogP contribution < -0.4 is 10.1 Å². The van der Waals surface area contributed by atoms with Crippen molar-refractivity contribution in [1.82, 2.24) is 4.90 Å². The van der Waals surface area contributed by atoms with Gasteiger partial charge in [0.1, 0.15) is 12.4 Å². The molecule has 0 aromatic heterocycles. The molecule has 10 nitrogen and oxygen atoms in total. The average Bonchev–Trinajstić information content (AvgIpc) is 3.29. The zero-order valence-electron chi connectivity index (χ0n) is 17.9. The van der Waals surface area contributed by atoms with E-state index in [2.05, 4.69) is 10.1 Å². The highest BCUT2D eigenvalue weighted by Crippen LogP contribution is 2.36. The molecule has 0 aliphatic carbocycles. The van der Waals surface area contributed by atoms with Gasteiger partial charge in [-0.25, -0.2) is 9.59 Å². The number of rotatable bonds is 8. The monoisotopic (exact) mass is 443 g/mol. The predicted molar refractivity (Wildman–Crippen MR) is 116 cm³/mol. The Bertz CT molecular complexity index is 981. The van der Waals surface area contributed by atoms with E-state index in [1.807, 2.05) is 30.3 Å². The minimum atomic E-state index is -0.696. The minimum Gasteiger partial charge on any atom is -0.494 e. The number of carbonyl (C=O) groups is 2. The van der Waals surface area contributed by atoms with Gasteiger partial charge in [-0.2, -0.15) is 0 Å². The second kappa shape index (κ2) is 10.5. The average molecular weight is 443 g/mol. The molecule has 1 heterocycles. The quantitative estimate of drug-likeness (QED) is 0.374. The van der Waals surface area contributed by atoms with Gasteiger partial charge in [0.2, 0.25) is 0 Å². The molecule has 10 heteroatoms. The maximum atomic E-state index is 12.3. The van der Waals surface area contributed by atoms with Crippen molar-refractivity contribution in [2.24, 2.45) is 5.92 Å². The number of anilines is 1. The Hall–Kier alpha value is -3.82. The topological polar surface area (TPSA) is 120 Å². The lowest BCUT2D eigenvalue weighted by Gasteiger charge is -2.18. The SMILES string of the molecule is COC(=O)c1cc(OC)c(NC[C@H]2CCN(C(=O)OCc3ccccc3)C2)c([N+](=O)[O-])c1. The summed E-state index contributed by atoms with van der Waals surface area (Å²) in [5.41, 5.74) is 0.819. The molecule has 1 atom stereocenters. The third-order valence-electron chi connectivity index (χ3n) is 5.24. The summed E-state index contributed by atoms with van der Waals surface area (Å²) in [5, 5.41) is 14.6. The molecule has 1 aliphatic heterocycles. The summed E-state index contributed by atoms with van der Waals surface area (Å²) in [6.07, 6.45) is 0.339. The lowest BCUT2D eigenvalue weighted by Crippen LogP contribution is -2.30. The fraction of sp³-hybridized carbons (Fsp3) is 0.364. The summed E-state index contributed by atoms with van der Waals surface area (Å²) in [7, 11) is 2.56. The van der Waals surface area contributed by atoms with Crippen LogP contribution in [0.1, 0.15) is 22.3 Å². The number of nitro groups is 1. The Balaban J connectivity index is 1.61. The van der Waals surface area contributed by atoms with Crippen molar-refractivity contribution in [2.75, 3.05) is 39.2 Å². The summed E-state index contributed by atoms with van der Waals surface area (Å²) >= 11 is 0. The molecule has 1 saturated heterocycles. The molecule has 2 aromatic carbocycles. The first-order chi connectivity index (χ1) is 15.4. The Morgan fingerprint density at radius 1 is 1.22 bits per heavy atom. The van der Waals surface area contributed by atoms with Gasteiger partial charge in [-0.3, -0.25) is 10.1 Å². The van der Waals surface area contributed by atoms with Gasteiger partial charge in [-0.15, -0.1) is 0 Å². The van der Waals surface area contributed by atoms with Gasteiger partial charge in [-0.1, -0.05) is 30.3 Å². The van der Waals surface area contributed by atoms with Crippen LogP contribution in [-0.4, -0.2) is 55.7 Å². The van der Waals surface area contributed by atoms with E-state index in [0.29, 0.717) is 19.6 Å². The number of benzene rings is 2. The van der Waals surface area contributed by atoms with E-state index in [1.54, 1.807) is 4.90 Å². The Kier molecular flexibility index (Phi) is 7.48. The van der Waals surface area contributed by atoms with Gasteiger partial charge in [-0.05, 0) is 24.0 Å². The van der Waals surface area contributed by atoms with E-state index in [0.717, 1.165) is 18.1 Å². The molecule has 1 amide bonds. The number of amides is 1. The minimum absolute atomic E-state index is 0.0230. The first-order valence-electron chi connectivity index (χ1n) is 10.1. The maximum absolute atomic E-state index is 12.3. The third kappa shape index (κ3) is 5.45. The van der Waals surface area contributed by atoms with Gasteiger partial charge >= 0.3 is 12.1 Å². The van der Waals surface area contributed by atoms with Crippen LogP contribution in [0, 0.1) is 16.0 Å². The summed E-state index contributed by atoms with van der Waals surface area (Å²) < 4.78 is 15.3. The molecule has 0 saturated carbocycles. The van der Waals surface area contributed by atoms with Crippen molar-refractivity contribution in [3.8, 4) is 5.75 Å². The van der Waals surface area contributed by atoms with E-state index in [9.17, 15) is 19.7 Å². The van der Waals surface area contributed by atoms with Crippen molar-refractivity contribution < 1.29 is 28.7 Å². The highest BCUT2D eigenvalue weighted by molar-refractivity contribution is 5.93. The second-order valence-electron chi connectivity index (χ2n) is 7.34. The van der Waals surface area contributed by atoms with Crippen molar-refractivity contribution in [1.29, 1.82) is 0 Å². The number of nitro benzene ring substituents is 1. The van der Waals surface area contributed by atoms with E-state index in [4.69, 9.17) is 9.47 Å². The standard InChI is InChI=1S/C22H25N3O7/c1-30-19-11-17(21(26)31-2)10-18(25(28)29)20(19)23-12-16-8-9-24(13-16)22(27)32-14-15-6-4-3-5-7-15/h3-7,10-11,16,23H,8-9,12-14H2,1-2H3/t16-/m1/s1. The number of esters is 1. The summed E-state index contributed by atoms with van der Waals surface area (Å²) in [4.78, 5) is 36.8. The fourth-order valence-corrected chi connectivity index (χ4v) is 3.54. The highest BCUT2D eigenvalue weighted by Gasteiger charge is 2.29. The fourth-order valence-electron chi connectivity index (χ4n) is 3.54. The van der Waals surface area contributed by atoms with Crippen molar-refractivity contribution in [2.45, 2.75) is 13.0 Å². The number of likely N-dealkylation sites (tertiary alicyclic amines) is 1. The smallest absolute Gasteiger partial charge is 0.410 e. The van der Waals surface area contributed by atoms with Crippen LogP contribution in [0.15, 0.2) is 42.5 Å². The van der Waals surface area contributed by atoms with Crippen LogP contribution in [0.25, 0.3) is 0 Å². The number of nitrogens with zero attached hydrogens (tertiary/aromatic N) is 2. The van der Waals surface area contributed by atoms with Crippen molar-refractivity contribution in [3.63, 3.8) is 0 Å². The Morgan fingerprint density at radius 3 is 2.62 bits per heavy atom. The van der Waals surface area contributed by atoms with Gasteiger partial charge in [0.25, 0.3) is 5.69 Å². The number of methoxy groups -OCH3 is 2. The normalized spacial score (nSPS) is 15.2. The predicted octanol–water partition coefficient (Wildman–Crippen LogP) is 3.46. The van der Waals surface area contributed by atoms with Crippen LogP contribution in [0.4, 0.5) is 16.2 Å². The molecule has 0 bridgehead atoms. The van der Waals surface area contributed by atoms with E-state index in [1.165, 1.54) is 20.3 Å². The number of nitrogens with one attached hydrogen (secondary N) is 1. The lowest BCUT2D eigenvalue weighted by molar-refractivity contribution is -0.384. The maximum Gasteiger partial charge on any atom is 0.410 e. The molecule has 1 fully saturated rings. The van der Waals surface area contributed by atoms with Crippen molar-refractivity contribution in [3.05, 3.63) is 63.7 Å². The first-order valence-corrected chi connectivity index (χ1v) is 10.1. The first kappa shape index (κ1) is 22.9. The van der Waals surface area contributed by atoms with Crippen molar-refractivity contribution >= 4 is 23.4 Å². The highest BCUT2D eigenvalue weighted by atomic mass is 16.6. The van der Waals surface area contributed by atoms with Gasteiger partial charge in [0, 0.05) is 25.7 Å². The number of ether oxygens (including phenoxy) is 3. The van der Waals surface area contributed by atoms with E-state index in [-0.39, 0.29) is 41.3 Å². The molecule has 0 unspecified atom stereocenters. The van der Waals surface area contributed by atoms with Gasteiger partial charge < -0.3 is 24.4 Å². The molecule has 170 valence electrons. The zero-order chi connectivity index (χ0) is 23.1. The van der Waals surface area contributed by atoms with Crippen LogP contribution >= 0.6 is 0 Å². The van der Waals surface area contributed by atoms with Gasteiger partial charge in [0.15, 0.2) is 5.69 Å². The lowest BCUT2D eigenvalue weighted by atomic mass is 10.1. The third-order valence-corrected chi connectivity index (χ3v) is 5.24. The van der Waals surface area contributed by atoms with Gasteiger partial charge in [0.05, 0.1) is 24.7 Å². The zero-order valence-corrected chi connectivity index (χ0v) is 17.9. The Labute approximate surface area is 185 Å². The molecule has 32 heavy (non-hydrogen) atoms. The van der Waals surface area contributed by atoms with Crippen LogP contribution in [-0.2, 0) is 16.1 Å². The number of hydrogen-bond donors (Lipinski definition) is 1. The number of carbonyl (C=O) groups excluding carboxylic acids is 2. The van der Waals surface area contributed by atoms with Crippen LogP contribution in [0.5, 0.6) is 5.75 Å². The summed E-state index contributed by atoms with van der Waals surface area (Å²) in [5.74, 6) is -0.459. The molecule has 0 radical (unpaired) electrons. The molecule has 2 aromatic rings. The summed E-state index contributed by atoms with van der Waals surface area (Å²) in [6.45, 7) is 1.60. The van der Waals surface area contributed by atoms with E-state index >= 15 is 0 Å². The molecule has 1 aliphatic rings. The van der Waals surface area contributed by atoms with Crippen LogP contribution in [0.3, 0.4) is 0 Å². The molecular weight excluding hydrogens is 418 g/mol. The summed E-state index contributed by atoms with van der Waals surface area (Å²) in [6, 6.07) is 12.0.